The number of likely N-dealkylation sites (N-methyl/N-ethyl adjacent to an activating group) is 1. The van der Waals surface area contributed by atoms with Gasteiger partial charge in [-0.3, -0.25) is 4.79 Å². The van der Waals surface area contributed by atoms with E-state index in [4.69, 9.17) is 4.74 Å². The molecule has 0 unspecified atom stereocenters. The van der Waals surface area contributed by atoms with Gasteiger partial charge in [-0.05, 0) is 33.6 Å². The predicted octanol–water partition coefficient (Wildman–Crippen LogP) is 1.13. The van der Waals surface area contributed by atoms with Crippen LogP contribution in [0.2, 0.25) is 0 Å². The lowest BCUT2D eigenvalue weighted by Gasteiger charge is -2.24. The van der Waals surface area contributed by atoms with Gasteiger partial charge >= 0.3 is 6.09 Å². The molecule has 0 radical (unpaired) electrons. The lowest BCUT2D eigenvalue weighted by atomic mass is 10.2. The van der Waals surface area contributed by atoms with Gasteiger partial charge in [-0.15, -0.1) is 0 Å². The van der Waals surface area contributed by atoms with Gasteiger partial charge in [-0.2, -0.15) is 0 Å². The van der Waals surface area contributed by atoms with Crippen molar-refractivity contribution in [3.05, 3.63) is 0 Å². The van der Waals surface area contributed by atoms with E-state index in [2.05, 4.69) is 5.32 Å². The van der Waals surface area contributed by atoms with Crippen molar-refractivity contribution in [3.63, 3.8) is 0 Å². The van der Waals surface area contributed by atoms with Crippen LogP contribution in [0.1, 0.15) is 33.6 Å². The zero-order valence-corrected chi connectivity index (χ0v) is 10.4. The van der Waals surface area contributed by atoms with Gasteiger partial charge in [-0.1, -0.05) is 0 Å². The molecule has 0 bridgehead atoms. The monoisotopic (exact) mass is 228 g/mol. The molecular formula is C11H20N2O3. The van der Waals surface area contributed by atoms with Crippen molar-refractivity contribution >= 4 is 12.0 Å². The summed E-state index contributed by atoms with van der Waals surface area (Å²) < 4.78 is 5.13. The normalized spacial score (nSPS) is 15.5. The quantitative estimate of drug-likeness (QED) is 0.787. The lowest BCUT2D eigenvalue weighted by Crippen LogP contribution is -2.41. The van der Waals surface area contributed by atoms with Crippen LogP contribution in [0.15, 0.2) is 0 Å². The van der Waals surface area contributed by atoms with E-state index >= 15 is 0 Å². The summed E-state index contributed by atoms with van der Waals surface area (Å²) in [5, 5.41) is 2.81. The van der Waals surface area contributed by atoms with Crippen LogP contribution in [0.5, 0.6) is 0 Å². The van der Waals surface area contributed by atoms with Crippen LogP contribution in [0.4, 0.5) is 4.79 Å². The number of hydrogen-bond donors (Lipinski definition) is 1. The van der Waals surface area contributed by atoms with E-state index in [0.29, 0.717) is 6.04 Å². The molecule has 0 aliphatic heterocycles. The number of amides is 2. The summed E-state index contributed by atoms with van der Waals surface area (Å²) in [4.78, 5) is 24.2. The highest BCUT2D eigenvalue weighted by Gasteiger charge is 2.25. The highest BCUT2D eigenvalue weighted by molar-refractivity contribution is 5.82. The SMILES string of the molecule is CN(CC(=O)NC1CC1)C(=O)OC(C)(C)C. The number of hydrogen-bond acceptors (Lipinski definition) is 3. The van der Waals surface area contributed by atoms with E-state index in [0.717, 1.165) is 12.8 Å². The minimum atomic E-state index is -0.529. The van der Waals surface area contributed by atoms with Crippen molar-refractivity contribution in [3.8, 4) is 0 Å². The maximum absolute atomic E-state index is 11.5. The number of nitrogens with zero attached hydrogens (tertiary/aromatic N) is 1. The summed E-state index contributed by atoms with van der Waals surface area (Å²) in [5.41, 5.74) is -0.529. The van der Waals surface area contributed by atoms with Gasteiger partial charge in [0.15, 0.2) is 0 Å². The van der Waals surface area contributed by atoms with Crippen LogP contribution >= 0.6 is 0 Å². The highest BCUT2D eigenvalue weighted by Crippen LogP contribution is 2.18. The third kappa shape index (κ3) is 5.00. The minimum absolute atomic E-state index is 0.0470. The Balaban J connectivity index is 2.29. The summed E-state index contributed by atoms with van der Waals surface area (Å²) in [5.74, 6) is -0.129. The van der Waals surface area contributed by atoms with E-state index in [1.54, 1.807) is 27.8 Å². The molecule has 1 fully saturated rings. The molecular weight excluding hydrogens is 208 g/mol. The molecule has 1 aliphatic carbocycles. The van der Waals surface area contributed by atoms with Gasteiger partial charge in [0.05, 0.1) is 0 Å². The zero-order valence-electron chi connectivity index (χ0n) is 10.4. The second-order valence-electron chi connectivity index (χ2n) is 5.18. The van der Waals surface area contributed by atoms with E-state index in [-0.39, 0.29) is 12.5 Å². The number of nitrogens with one attached hydrogen (secondary N) is 1. The molecule has 0 aromatic rings. The molecule has 16 heavy (non-hydrogen) atoms. The molecule has 2 amide bonds. The largest absolute Gasteiger partial charge is 0.444 e. The first kappa shape index (κ1) is 12.8. The fourth-order valence-corrected chi connectivity index (χ4v) is 1.12. The molecule has 92 valence electrons. The van der Waals surface area contributed by atoms with Crippen molar-refractivity contribution in [1.29, 1.82) is 0 Å². The van der Waals surface area contributed by atoms with Gasteiger partial charge in [0.2, 0.25) is 5.91 Å². The number of rotatable bonds is 3. The molecule has 0 spiro atoms. The summed E-state index contributed by atoms with van der Waals surface area (Å²) in [6.07, 6.45) is 1.61. The highest BCUT2D eigenvalue weighted by atomic mass is 16.6. The fraction of sp³-hybridized carbons (Fsp3) is 0.818. The summed E-state index contributed by atoms with van der Waals surface area (Å²) in [7, 11) is 1.56. The Kier molecular flexibility index (Phi) is 3.78. The average Bonchev–Trinajstić information content (AvgIpc) is 2.84. The molecule has 1 rings (SSSR count). The first-order chi connectivity index (χ1) is 7.28. The average molecular weight is 228 g/mol. The predicted molar refractivity (Wildman–Crippen MR) is 60.0 cm³/mol. The number of carbonyl (C=O) groups is 2. The molecule has 0 aromatic carbocycles. The second-order valence-corrected chi connectivity index (χ2v) is 5.18. The molecule has 0 saturated heterocycles. The maximum atomic E-state index is 11.5. The van der Waals surface area contributed by atoms with Crippen LogP contribution in [-0.2, 0) is 9.53 Å². The van der Waals surface area contributed by atoms with Gasteiger partial charge in [0, 0.05) is 13.1 Å². The maximum Gasteiger partial charge on any atom is 0.410 e. The van der Waals surface area contributed by atoms with E-state index in [1.807, 2.05) is 0 Å². The topological polar surface area (TPSA) is 58.6 Å². The third-order valence-electron chi connectivity index (χ3n) is 2.03. The standard InChI is InChI=1S/C11H20N2O3/c1-11(2,3)16-10(15)13(4)7-9(14)12-8-5-6-8/h8H,5-7H2,1-4H3,(H,12,14). The van der Waals surface area contributed by atoms with Crippen molar-refractivity contribution in [1.82, 2.24) is 10.2 Å². The lowest BCUT2D eigenvalue weighted by molar-refractivity contribution is -0.122. The molecule has 1 aliphatic rings. The Hall–Kier alpha value is -1.26. The zero-order chi connectivity index (χ0) is 12.3. The van der Waals surface area contributed by atoms with Crippen molar-refractivity contribution < 1.29 is 14.3 Å². The molecule has 0 aromatic heterocycles. The Morgan fingerprint density at radius 1 is 1.38 bits per heavy atom. The molecule has 0 heterocycles. The van der Waals surface area contributed by atoms with Crippen molar-refractivity contribution in [2.75, 3.05) is 13.6 Å². The van der Waals surface area contributed by atoms with Crippen LogP contribution < -0.4 is 5.32 Å². The summed E-state index contributed by atoms with van der Waals surface area (Å²) in [6, 6.07) is 0.319. The molecule has 0 atom stereocenters. The number of ether oxygens (including phenoxy) is 1. The fourth-order valence-electron chi connectivity index (χ4n) is 1.12. The van der Waals surface area contributed by atoms with Crippen LogP contribution in [0, 0.1) is 0 Å². The first-order valence-corrected chi connectivity index (χ1v) is 5.51. The number of carbonyl (C=O) groups excluding carboxylic acids is 2. The Labute approximate surface area is 96.1 Å². The van der Waals surface area contributed by atoms with Gasteiger partial charge in [0.1, 0.15) is 12.1 Å². The van der Waals surface area contributed by atoms with Crippen molar-refractivity contribution in [2.24, 2.45) is 0 Å². The van der Waals surface area contributed by atoms with Crippen LogP contribution in [-0.4, -0.2) is 42.1 Å². The molecule has 1 saturated carbocycles. The Bertz CT molecular complexity index is 279. The Morgan fingerprint density at radius 2 is 1.94 bits per heavy atom. The van der Waals surface area contributed by atoms with Crippen LogP contribution in [0.25, 0.3) is 0 Å². The minimum Gasteiger partial charge on any atom is -0.444 e. The van der Waals surface area contributed by atoms with Gasteiger partial charge in [-0.25, -0.2) is 4.79 Å². The second kappa shape index (κ2) is 4.72. The molecule has 1 N–H and O–H groups in total. The summed E-state index contributed by atoms with van der Waals surface area (Å²) in [6.45, 7) is 5.43. The van der Waals surface area contributed by atoms with Gasteiger partial charge in [0.25, 0.3) is 0 Å². The van der Waals surface area contributed by atoms with E-state index < -0.39 is 11.7 Å². The first-order valence-electron chi connectivity index (χ1n) is 5.51. The third-order valence-corrected chi connectivity index (χ3v) is 2.03. The smallest absolute Gasteiger partial charge is 0.410 e. The van der Waals surface area contributed by atoms with E-state index in [9.17, 15) is 9.59 Å². The Morgan fingerprint density at radius 3 is 2.38 bits per heavy atom. The molecule has 5 heteroatoms. The van der Waals surface area contributed by atoms with Gasteiger partial charge < -0.3 is 15.0 Å². The van der Waals surface area contributed by atoms with Crippen molar-refractivity contribution in [2.45, 2.75) is 45.3 Å². The summed E-state index contributed by atoms with van der Waals surface area (Å²) >= 11 is 0. The molecule has 5 nitrogen and oxygen atoms in total. The van der Waals surface area contributed by atoms with E-state index in [1.165, 1.54) is 4.90 Å². The van der Waals surface area contributed by atoms with Crippen LogP contribution in [0.3, 0.4) is 0 Å².